The Kier molecular flexibility index (Phi) is 4.00. The minimum absolute atomic E-state index is 0.140. The Balaban J connectivity index is 1.55. The third-order valence-electron chi connectivity index (χ3n) is 4.34. The van der Waals surface area contributed by atoms with E-state index in [4.69, 9.17) is 9.97 Å². The van der Waals surface area contributed by atoms with Crippen LogP contribution in [0.3, 0.4) is 0 Å². The average Bonchev–Trinajstić information content (AvgIpc) is 3.01. The molecular weight excluding hydrogens is 326 g/mol. The Morgan fingerprint density at radius 1 is 0.920 bits per heavy atom. The first kappa shape index (κ1) is 16.2. The summed E-state index contributed by atoms with van der Waals surface area (Å²) >= 11 is 1.69. The second kappa shape index (κ2) is 6.19. The van der Waals surface area contributed by atoms with E-state index >= 15 is 0 Å². The van der Waals surface area contributed by atoms with Gasteiger partial charge in [0.2, 0.25) is 0 Å². The molecular formula is C21H21N3S. The zero-order valence-corrected chi connectivity index (χ0v) is 15.5. The smallest absolute Gasteiger partial charge is 0.166 e. The van der Waals surface area contributed by atoms with E-state index in [1.165, 1.54) is 10.9 Å². The van der Waals surface area contributed by atoms with Crippen LogP contribution in [0.5, 0.6) is 0 Å². The van der Waals surface area contributed by atoms with Crippen molar-refractivity contribution in [2.45, 2.75) is 37.1 Å². The molecule has 1 N–H and O–H groups in total. The predicted molar refractivity (Wildman–Crippen MR) is 106 cm³/mol. The topological polar surface area (TPSA) is 41.6 Å². The molecule has 0 aliphatic carbocycles. The minimum Gasteiger partial charge on any atom is -0.333 e. The fourth-order valence-corrected chi connectivity index (χ4v) is 3.64. The van der Waals surface area contributed by atoms with Crippen LogP contribution in [0.15, 0.2) is 59.8 Å². The standard InChI is InChI=1S/C21H21N3S/c1-21(2,3)15-9-11-18-19(12-15)24-20(23-18)25-13-16-10-8-14-6-4-5-7-17(14)22-16/h4-12H,13H2,1-3H3,(H,23,24). The molecule has 0 fully saturated rings. The molecule has 2 heterocycles. The van der Waals surface area contributed by atoms with Crippen molar-refractivity contribution in [2.75, 3.05) is 0 Å². The van der Waals surface area contributed by atoms with E-state index in [9.17, 15) is 0 Å². The lowest BCUT2D eigenvalue weighted by Gasteiger charge is -2.18. The van der Waals surface area contributed by atoms with Crippen LogP contribution in [-0.2, 0) is 11.2 Å². The highest BCUT2D eigenvalue weighted by atomic mass is 32.2. The number of H-pyrrole nitrogens is 1. The fraction of sp³-hybridized carbons (Fsp3) is 0.238. The molecule has 25 heavy (non-hydrogen) atoms. The molecule has 2 aromatic carbocycles. The van der Waals surface area contributed by atoms with Crippen LogP contribution >= 0.6 is 11.8 Å². The lowest BCUT2D eigenvalue weighted by Crippen LogP contribution is -2.10. The molecule has 2 aromatic heterocycles. The summed E-state index contributed by atoms with van der Waals surface area (Å²) in [5, 5.41) is 2.12. The van der Waals surface area contributed by atoms with Crippen molar-refractivity contribution in [1.29, 1.82) is 0 Å². The number of nitrogens with one attached hydrogen (secondary N) is 1. The second-order valence-corrected chi connectivity index (χ2v) is 8.27. The van der Waals surface area contributed by atoms with Crippen molar-refractivity contribution in [1.82, 2.24) is 15.0 Å². The number of benzene rings is 2. The van der Waals surface area contributed by atoms with E-state index in [1.54, 1.807) is 11.8 Å². The third-order valence-corrected chi connectivity index (χ3v) is 5.25. The van der Waals surface area contributed by atoms with Gasteiger partial charge >= 0.3 is 0 Å². The van der Waals surface area contributed by atoms with Gasteiger partial charge in [0.1, 0.15) is 0 Å². The van der Waals surface area contributed by atoms with Gasteiger partial charge in [-0.05, 0) is 35.2 Å². The van der Waals surface area contributed by atoms with Gasteiger partial charge in [-0.15, -0.1) is 0 Å². The third kappa shape index (κ3) is 3.40. The molecule has 0 spiro atoms. The fourth-order valence-electron chi connectivity index (χ4n) is 2.85. The molecule has 4 rings (SSSR count). The van der Waals surface area contributed by atoms with Gasteiger partial charge in [-0.2, -0.15) is 0 Å². The maximum Gasteiger partial charge on any atom is 0.166 e. The first-order valence-corrected chi connectivity index (χ1v) is 9.45. The van der Waals surface area contributed by atoms with Gasteiger partial charge in [0, 0.05) is 11.1 Å². The van der Waals surface area contributed by atoms with Gasteiger partial charge in [-0.1, -0.05) is 62.9 Å². The molecule has 0 aliphatic heterocycles. The Bertz CT molecular complexity index is 1040. The van der Waals surface area contributed by atoms with Crippen molar-refractivity contribution in [3.63, 3.8) is 0 Å². The molecule has 0 radical (unpaired) electrons. The summed E-state index contributed by atoms with van der Waals surface area (Å²) < 4.78 is 0. The number of pyridine rings is 1. The molecule has 0 saturated heterocycles. The zero-order chi connectivity index (χ0) is 17.4. The summed E-state index contributed by atoms with van der Waals surface area (Å²) in [4.78, 5) is 12.9. The number of para-hydroxylation sites is 1. The number of imidazole rings is 1. The van der Waals surface area contributed by atoms with Crippen LogP contribution in [0.25, 0.3) is 21.9 Å². The van der Waals surface area contributed by atoms with Crippen molar-refractivity contribution in [3.8, 4) is 0 Å². The van der Waals surface area contributed by atoms with Crippen molar-refractivity contribution in [3.05, 3.63) is 65.9 Å². The van der Waals surface area contributed by atoms with Crippen LogP contribution in [0, 0.1) is 0 Å². The quantitative estimate of drug-likeness (QED) is 0.483. The first-order valence-electron chi connectivity index (χ1n) is 8.47. The highest BCUT2D eigenvalue weighted by molar-refractivity contribution is 7.98. The Labute approximate surface area is 151 Å². The maximum atomic E-state index is 4.73. The average molecular weight is 347 g/mol. The molecule has 0 saturated carbocycles. The highest BCUT2D eigenvalue weighted by Crippen LogP contribution is 2.28. The number of aromatic amines is 1. The van der Waals surface area contributed by atoms with Crippen molar-refractivity contribution >= 4 is 33.7 Å². The minimum atomic E-state index is 0.140. The molecule has 0 unspecified atom stereocenters. The number of fused-ring (bicyclic) bond motifs is 2. The molecule has 0 aliphatic rings. The van der Waals surface area contributed by atoms with E-state index in [0.717, 1.165) is 33.2 Å². The van der Waals surface area contributed by atoms with Crippen LogP contribution in [0.1, 0.15) is 32.0 Å². The van der Waals surface area contributed by atoms with Crippen LogP contribution in [0.4, 0.5) is 0 Å². The van der Waals surface area contributed by atoms with Gasteiger partial charge in [0.15, 0.2) is 5.16 Å². The number of hydrogen-bond donors (Lipinski definition) is 1. The summed E-state index contributed by atoms with van der Waals surface area (Å²) in [6.07, 6.45) is 0. The van der Waals surface area contributed by atoms with Crippen molar-refractivity contribution < 1.29 is 0 Å². The van der Waals surface area contributed by atoms with Gasteiger partial charge in [-0.3, -0.25) is 4.98 Å². The lowest BCUT2D eigenvalue weighted by atomic mass is 9.87. The van der Waals surface area contributed by atoms with E-state index in [1.807, 2.05) is 12.1 Å². The summed E-state index contributed by atoms with van der Waals surface area (Å²) in [7, 11) is 0. The lowest BCUT2D eigenvalue weighted by molar-refractivity contribution is 0.591. The van der Waals surface area contributed by atoms with Crippen LogP contribution < -0.4 is 0 Å². The van der Waals surface area contributed by atoms with E-state index in [0.29, 0.717) is 0 Å². The monoisotopic (exact) mass is 347 g/mol. The SMILES string of the molecule is CC(C)(C)c1ccc2nc(SCc3ccc4ccccc4n3)[nH]c2c1. The first-order chi connectivity index (χ1) is 12.0. The van der Waals surface area contributed by atoms with Crippen molar-refractivity contribution in [2.24, 2.45) is 0 Å². The molecule has 3 nitrogen and oxygen atoms in total. The van der Waals surface area contributed by atoms with Crippen LogP contribution in [0.2, 0.25) is 0 Å². The van der Waals surface area contributed by atoms with Gasteiger partial charge in [0.25, 0.3) is 0 Å². The summed E-state index contributed by atoms with van der Waals surface area (Å²) in [6, 6.07) is 18.9. The maximum absolute atomic E-state index is 4.73. The number of thioether (sulfide) groups is 1. The normalized spacial score (nSPS) is 12.1. The number of rotatable bonds is 3. The number of hydrogen-bond acceptors (Lipinski definition) is 3. The van der Waals surface area contributed by atoms with Gasteiger partial charge < -0.3 is 4.98 Å². The molecule has 126 valence electrons. The molecule has 0 amide bonds. The second-order valence-electron chi connectivity index (χ2n) is 7.31. The van der Waals surface area contributed by atoms with E-state index in [2.05, 4.69) is 68.2 Å². The van der Waals surface area contributed by atoms with E-state index < -0.39 is 0 Å². The number of aromatic nitrogens is 3. The largest absolute Gasteiger partial charge is 0.333 e. The van der Waals surface area contributed by atoms with Gasteiger partial charge in [-0.25, -0.2) is 4.98 Å². The predicted octanol–water partition coefficient (Wildman–Crippen LogP) is 5.70. The Hall–Kier alpha value is -2.33. The molecule has 0 bridgehead atoms. The highest BCUT2D eigenvalue weighted by Gasteiger charge is 2.15. The van der Waals surface area contributed by atoms with E-state index in [-0.39, 0.29) is 5.41 Å². The number of nitrogens with zero attached hydrogens (tertiary/aromatic N) is 2. The molecule has 0 atom stereocenters. The summed E-state index contributed by atoms with van der Waals surface area (Å²) in [5.41, 5.74) is 5.68. The summed E-state index contributed by atoms with van der Waals surface area (Å²) in [6.45, 7) is 6.68. The molecule has 4 heteroatoms. The molecule has 4 aromatic rings. The Morgan fingerprint density at radius 3 is 2.60 bits per heavy atom. The zero-order valence-electron chi connectivity index (χ0n) is 14.7. The summed E-state index contributed by atoms with van der Waals surface area (Å²) in [5.74, 6) is 0.802. The van der Waals surface area contributed by atoms with Gasteiger partial charge in [0.05, 0.1) is 22.2 Å². The van der Waals surface area contributed by atoms with Crippen LogP contribution in [-0.4, -0.2) is 15.0 Å². The Morgan fingerprint density at radius 2 is 1.76 bits per heavy atom.